The van der Waals surface area contributed by atoms with E-state index in [9.17, 15) is 9.59 Å². The second-order valence-electron chi connectivity index (χ2n) is 8.49. The third kappa shape index (κ3) is 3.81. The minimum absolute atomic E-state index is 0.0446. The molecule has 162 valence electrons. The smallest absolute Gasteiger partial charge is 0.291 e. The van der Waals surface area contributed by atoms with Gasteiger partial charge in [0, 0.05) is 32.7 Å². The van der Waals surface area contributed by atoms with Crippen molar-refractivity contribution in [3.8, 4) is 0 Å². The molecule has 1 aromatic heterocycles. The van der Waals surface area contributed by atoms with Gasteiger partial charge in [0.2, 0.25) is 11.7 Å². The second-order valence-corrected chi connectivity index (χ2v) is 8.49. The maximum absolute atomic E-state index is 13.2. The summed E-state index contributed by atoms with van der Waals surface area (Å²) >= 11 is 0. The Balaban J connectivity index is 1.32. The molecule has 1 saturated heterocycles. The van der Waals surface area contributed by atoms with Crippen LogP contribution >= 0.6 is 0 Å². The van der Waals surface area contributed by atoms with Crippen molar-refractivity contribution in [1.29, 1.82) is 0 Å². The number of nitrogens with zero attached hydrogens (tertiary/aromatic N) is 5. The maximum atomic E-state index is 13.2. The van der Waals surface area contributed by atoms with Gasteiger partial charge in [-0.1, -0.05) is 24.3 Å². The SMILES string of the molecule is Cc1ccccc1CN1CC=C2N(C)C(=O)[C@H](c3nc(C(=O)NC4CC4)n[nH]3)CCN21. The Morgan fingerprint density at radius 1 is 1.26 bits per heavy atom. The Morgan fingerprint density at radius 3 is 2.84 bits per heavy atom. The third-order valence-electron chi connectivity index (χ3n) is 6.25. The van der Waals surface area contributed by atoms with Crippen LogP contribution in [0.1, 0.15) is 52.8 Å². The number of hydrazine groups is 1. The molecule has 3 aliphatic rings. The lowest BCUT2D eigenvalue weighted by molar-refractivity contribution is -0.130. The van der Waals surface area contributed by atoms with Crippen LogP contribution in [-0.4, -0.2) is 68.1 Å². The molecule has 1 aromatic carbocycles. The number of nitrogens with one attached hydrogen (secondary N) is 2. The molecule has 1 aliphatic carbocycles. The minimum Gasteiger partial charge on any atom is -0.347 e. The summed E-state index contributed by atoms with van der Waals surface area (Å²) in [6.45, 7) is 4.35. The molecule has 1 saturated carbocycles. The van der Waals surface area contributed by atoms with Crippen LogP contribution in [0.15, 0.2) is 36.2 Å². The predicted octanol–water partition coefficient (Wildman–Crippen LogP) is 1.53. The van der Waals surface area contributed by atoms with Crippen LogP contribution < -0.4 is 5.32 Å². The van der Waals surface area contributed by atoms with Gasteiger partial charge in [0.05, 0.1) is 5.92 Å². The summed E-state index contributed by atoms with van der Waals surface area (Å²) in [4.78, 5) is 31.5. The molecular weight excluding hydrogens is 394 g/mol. The lowest BCUT2D eigenvalue weighted by Gasteiger charge is -2.33. The summed E-state index contributed by atoms with van der Waals surface area (Å²) in [6, 6.07) is 8.60. The first kappa shape index (κ1) is 19.7. The zero-order valence-electron chi connectivity index (χ0n) is 17.8. The van der Waals surface area contributed by atoms with E-state index in [0.29, 0.717) is 18.8 Å². The number of aromatic amines is 1. The quantitative estimate of drug-likeness (QED) is 0.760. The van der Waals surface area contributed by atoms with Crippen LogP contribution in [-0.2, 0) is 11.3 Å². The number of carbonyl (C=O) groups excluding carboxylic acids is 2. The van der Waals surface area contributed by atoms with Crippen molar-refractivity contribution in [2.24, 2.45) is 0 Å². The minimum atomic E-state index is -0.466. The largest absolute Gasteiger partial charge is 0.347 e. The lowest BCUT2D eigenvalue weighted by atomic mass is 10.0. The summed E-state index contributed by atoms with van der Waals surface area (Å²) < 4.78 is 0. The fourth-order valence-corrected chi connectivity index (χ4v) is 4.22. The van der Waals surface area contributed by atoms with Crippen LogP contribution in [0.25, 0.3) is 0 Å². The van der Waals surface area contributed by atoms with Crippen molar-refractivity contribution in [2.75, 3.05) is 20.1 Å². The van der Waals surface area contributed by atoms with E-state index in [2.05, 4.69) is 61.7 Å². The number of carbonyl (C=O) groups is 2. The maximum Gasteiger partial charge on any atom is 0.291 e. The van der Waals surface area contributed by atoms with Gasteiger partial charge >= 0.3 is 0 Å². The first-order valence-corrected chi connectivity index (χ1v) is 10.8. The summed E-state index contributed by atoms with van der Waals surface area (Å²) in [5.74, 6) is 0.649. The molecule has 2 amide bonds. The molecular formula is C22H27N7O2. The molecule has 2 N–H and O–H groups in total. The zero-order valence-corrected chi connectivity index (χ0v) is 17.8. The fourth-order valence-electron chi connectivity index (χ4n) is 4.22. The number of H-pyrrole nitrogens is 1. The summed E-state index contributed by atoms with van der Waals surface area (Å²) in [5.41, 5.74) is 2.53. The topological polar surface area (TPSA) is 97.5 Å². The molecule has 0 spiro atoms. The highest BCUT2D eigenvalue weighted by atomic mass is 16.2. The molecule has 2 aliphatic heterocycles. The van der Waals surface area contributed by atoms with E-state index in [1.54, 1.807) is 11.9 Å². The first-order valence-electron chi connectivity index (χ1n) is 10.8. The second kappa shape index (κ2) is 7.81. The highest BCUT2D eigenvalue weighted by Gasteiger charge is 2.38. The molecule has 0 bridgehead atoms. The van der Waals surface area contributed by atoms with Gasteiger partial charge in [0.1, 0.15) is 11.6 Å². The van der Waals surface area contributed by atoms with Gasteiger partial charge in [-0.2, -0.15) is 0 Å². The predicted molar refractivity (Wildman–Crippen MR) is 113 cm³/mol. The van der Waals surface area contributed by atoms with Crippen LogP contribution in [0.5, 0.6) is 0 Å². The Bertz CT molecular complexity index is 1040. The molecule has 0 radical (unpaired) electrons. The van der Waals surface area contributed by atoms with E-state index < -0.39 is 5.92 Å². The molecule has 2 fully saturated rings. The monoisotopic (exact) mass is 421 g/mol. The molecule has 9 nitrogen and oxygen atoms in total. The standard InChI is InChI=1S/C22H27N7O2/c1-14-5-3-4-6-15(14)13-28-11-10-18-27(2)22(31)17(9-12-29(18)28)19-24-20(26-25-19)21(30)23-16-7-8-16/h3-6,10,16-17H,7-9,11-13H2,1-2H3,(H,23,30)(H,24,25,26)/t17-/m0/s1. The van der Waals surface area contributed by atoms with Gasteiger partial charge in [-0.05, 0) is 43.4 Å². The summed E-state index contributed by atoms with van der Waals surface area (Å²) in [6.07, 6.45) is 4.68. The molecule has 3 heterocycles. The highest BCUT2D eigenvalue weighted by molar-refractivity contribution is 5.91. The average Bonchev–Trinajstić information content (AvgIpc) is 3.32. The van der Waals surface area contributed by atoms with Crippen molar-refractivity contribution in [2.45, 2.75) is 44.7 Å². The Morgan fingerprint density at radius 2 is 2.06 bits per heavy atom. The van der Waals surface area contributed by atoms with Crippen molar-refractivity contribution < 1.29 is 9.59 Å². The Hall–Kier alpha value is -3.20. The first-order chi connectivity index (χ1) is 15.0. The summed E-state index contributed by atoms with van der Waals surface area (Å²) in [5, 5.41) is 14.2. The van der Waals surface area contributed by atoms with Crippen LogP contribution in [0.4, 0.5) is 0 Å². The highest BCUT2D eigenvalue weighted by Crippen LogP contribution is 2.31. The van der Waals surface area contributed by atoms with Gasteiger partial charge in [0.15, 0.2) is 0 Å². The number of likely N-dealkylation sites (N-methyl/N-ethyl adjacent to an activating group) is 1. The van der Waals surface area contributed by atoms with E-state index in [0.717, 1.165) is 31.8 Å². The van der Waals surface area contributed by atoms with Crippen LogP contribution in [0.3, 0.4) is 0 Å². The molecule has 31 heavy (non-hydrogen) atoms. The normalized spacial score (nSPS) is 21.7. The molecule has 0 unspecified atom stereocenters. The van der Waals surface area contributed by atoms with Crippen molar-refractivity contribution in [1.82, 2.24) is 35.4 Å². The van der Waals surface area contributed by atoms with Crippen molar-refractivity contribution in [3.05, 3.63) is 58.9 Å². The van der Waals surface area contributed by atoms with Crippen molar-refractivity contribution >= 4 is 11.8 Å². The number of amides is 2. The molecule has 5 rings (SSSR count). The lowest BCUT2D eigenvalue weighted by Crippen LogP contribution is -2.40. The number of aromatic nitrogens is 3. The van der Waals surface area contributed by atoms with E-state index in [4.69, 9.17) is 0 Å². The number of benzene rings is 1. The Labute approximate surface area is 181 Å². The van der Waals surface area contributed by atoms with Gasteiger partial charge in [-0.25, -0.2) is 9.99 Å². The average molecular weight is 422 g/mol. The number of fused-ring (bicyclic) bond motifs is 1. The number of aryl methyl sites for hydroxylation is 1. The van der Waals surface area contributed by atoms with Gasteiger partial charge < -0.3 is 10.2 Å². The van der Waals surface area contributed by atoms with Gasteiger partial charge in [-0.15, -0.1) is 5.10 Å². The van der Waals surface area contributed by atoms with Gasteiger partial charge in [0.25, 0.3) is 5.91 Å². The van der Waals surface area contributed by atoms with Crippen LogP contribution in [0.2, 0.25) is 0 Å². The molecule has 2 aromatic rings. The number of rotatable bonds is 5. The van der Waals surface area contributed by atoms with E-state index >= 15 is 0 Å². The number of hydrogen-bond acceptors (Lipinski definition) is 6. The fraction of sp³-hybridized carbons (Fsp3) is 0.455. The van der Waals surface area contributed by atoms with E-state index in [-0.39, 0.29) is 23.7 Å². The van der Waals surface area contributed by atoms with Crippen molar-refractivity contribution in [3.63, 3.8) is 0 Å². The molecule has 1 atom stereocenters. The number of hydrogen-bond donors (Lipinski definition) is 2. The van der Waals surface area contributed by atoms with E-state index in [1.165, 1.54) is 11.1 Å². The van der Waals surface area contributed by atoms with Gasteiger partial charge in [-0.3, -0.25) is 19.7 Å². The molecule has 9 heteroatoms. The van der Waals surface area contributed by atoms with Crippen LogP contribution in [0, 0.1) is 6.92 Å². The third-order valence-corrected chi connectivity index (χ3v) is 6.25. The Kier molecular flexibility index (Phi) is 4.97. The summed E-state index contributed by atoms with van der Waals surface area (Å²) in [7, 11) is 1.80. The van der Waals surface area contributed by atoms with E-state index in [1.807, 2.05) is 6.07 Å². The zero-order chi connectivity index (χ0) is 21.5.